The van der Waals surface area contributed by atoms with Crippen LogP contribution in [0.15, 0.2) is 122 Å². The van der Waals surface area contributed by atoms with Crippen LogP contribution in [0, 0.1) is 0 Å². The van der Waals surface area contributed by atoms with Gasteiger partial charge in [-0.25, -0.2) is 4.79 Å². The van der Waals surface area contributed by atoms with Crippen molar-refractivity contribution in [3.63, 3.8) is 0 Å². The van der Waals surface area contributed by atoms with Gasteiger partial charge in [0, 0.05) is 12.8 Å². The van der Waals surface area contributed by atoms with Crippen LogP contribution < -0.4 is 0 Å². The smallest absolute Gasteiger partial charge is 0.335 e. The number of esters is 3. The molecular weight excluding hydrogens is 925 g/mol. The molecular formula is C61H94O12. The quantitative estimate of drug-likeness (QED) is 0.0228. The van der Waals surface area contributed by atoms with Gasteiger partial charge < -0.3 is 39.0 Å². The molecule has 0 aromatic rings. The fraction of sp³-hybridized carbons (Fsp3) is 0.607. The van der Waals surface area contributed by atoms with Gasteiger partial charge in [0.25, 0.3) is 0 Å². The van der Waals surface area contributed by atoms with Crippen LogP contribution in [-0.2, 0) is 42.9 Å². The molecule has 1 aliphatic rings. The third-order valence-electron chi connectivity index (χ3n) is 11.5. The van der Waals surface area contributed by atoms with E-state index in [0.717, 1.165) is 109 Å². The fourth-order valence-electron chi connectivity index (χ4n) is 7.37. The molecule has 12 nitrogen and oxygen atoms in total. The lowest BCUT2D eigenvalue weighted by molar-refractivity contribution is -0.301. The molecule has 0 spiro atoms. The molecule has 1 rings (SSSR count). The zero-order valence-corrected chi connectivity index (χ0v) is 44.8. The maximum Gasteiger partial charge on any atom is 0.335 e. The largest absolute Gasteiger partial charge is 0.479 e. The molecule has 0 amide bonds. The monoisotopic (exact) mass is 1020 g/mol. The molecule has 0 aliphatic carbocycles. The number of carbonyl (C=O) groups excluding carboxylic acids is 3. The number of carboxylic acids is 1. The second-order valence-corrected chi connectivity index (χ2v) is 18.1. The van der Waals surface area contributed by atoms with E-state index in [-0.39, 0.29) is 25.9 Å². The number of ether oxygens (including phenoxy) is 5. The van der Waals surface area contributed by atoms with Crippen molar-refractivity contribution in [2.75, 3.05) is 13.2 Å². The first-order valence-electron chi connectivity index (χ1n) is 27.5. The van der Waals surface area contributed by atoms with Gasteiger partial charge in [0.1, 0.15) is 18.8 Å². The van der Waals surface area contributed by atoms with Gasteiger partial charge in [-0.3, -0.25) is 14.4 Å². The SMILES string of the molecule is CC/C=C\C/C=C\C/C=C\C/C=C\C/C=C\CC(=O)OCC(COC1OC(C(=O)O)C(O)C(O)C1OC(=O)CCCCC/C=C\C/C=C\C/C=C\CC)OC(=O)CCCCCCC/C=C\C/C=C\CCCCC. The normalized spacial score (nSPS) is 19.3. The summed E-state index contributed by atoms with van der Waals surface area (Å²) >= 11 is 0. The Morgan fingerprint density at radius 1 is 0.479 bits per heavy atom. The van der Waals surface area contributed by atoms with Crippen LogP contribution in [0.5, 0.6) is 0 Å². The summed E-state index contributed by atoms with van der Waals surface area (Å²) in [6.07, 6.45) is 53.5. The number of hydrogen-bond donors (Lipinski definition) is 3. The first-order valence-corrected chi connectivity index (χ1v) is 27.5. The van der Waals surface area contributed by atoms with E-state index in [1.165, 1.54) is 19.3 Å². The highest BCUT2D eigenvalue weighted by Crippen LogP contribution is 2.26. The minimum Gasteiger partial charge on any atom is -0.479 e. The van der Waals surface area contributed by atoms with Crippen molar-refractivity contribution < 1.29 is 58.2 Å². The molecule has 0 saturated carbocycles. The summed E-state index contributed by atoms with van der Waals surface area (Å²) in [5.41, 5.74) is 0. The third kappa shape index (κ3) is 38.4. The number of hydrogen-bond acceptors (Lipinski definition) is 11. The number of aliphatic hydroxyl groups is 2. The maximum atomic E-state index is 13.1. The molecule has 1 aliphatic heterocycles. The van der Waals surface area contributed by atoms with E-state index in [0.29, 0.717) is 19.3 Å². The molecule has 0 bridgehead atoms. The van der Waals surface area contributed by atoms with Crippen LogP contribution in [0.4, 0.5) is 0 Å². The Morgan fingerprint density at radius 3 is 1.40 bits per heavy atom. The van der Waals surface area contributed by atoms with E-state index in [4.69, 9.17) is 23.7 Å². The van der Waals surface area contributed by atoms with Crippen molar-refractivity contribution in [1.29, 1.82) is 0 Å². The molecule has 12 heteroatoms. The van der Waals surface area contributed by atoms with Crippen molar-refractivity contribution in [2.45, 2.75) is 225 Å². The summed E-state index contributed by atoms with van der Waals surface area (Å²) in [6.45, 7) is 5.59. The molecule has 410 valence electrons. The number of aliphatic hydroxyl groups excluding tert-OH is 2. The zero-order valence-electron chi connectivity index (χ0n) is 44.8. The zero-order chi connectivity index (χ0) is 53.3. The van der Waals surface area contributed by atoms with E-state index < -0.39 is 67.3 Å². The fourth-order valence-corrected chi connectivity index (χ4v) is 7.37. The Labute approximate surface area is 439 Å². The van der Waals surface area contributed by atoms with Crippen LogP contribution in [0.3, 0.4) is 0 Å². The minimum atomic E-state index is -1.93. The number of allylic oxidation sites excluding steroid dienone is 19. The Kier molecular flexibility index (Phi) is 43.6. The molecule has 1 heterocycles. The average Bonchev–Trinajstić information content (AvgIpc) is 3.37. The molecule has 73 heavy (non-hydrogen) atoms. The highest BCUT2D eigenvalue weighted by atomic mass is 16.7. The molecule has 6 unspecified atom stereocenters. The van der Waals surface area contributed by atoms with Crippen molar-refractivity contribution in [3.8, 4) is 0 Å². The summed E-state index contributed by atoms with van der Waals surface area (Å²) in [5.74, 6) is -3.37. The molecule has 1 fully saturated rings. The predicted octanol–water partition coefficient (Wildman–Crippen LogP) is 13.7. The van der Waals surface area contributed by atoms with E-state index in [1.807, 2.05) is 12.2 Å². The molecule has 0 radical (unpaired) electrons. The Morgan fingerprint density at radius 2 is 0.904 bits per heavy atom. The van der Waals surface area contributed by atoms with Crippen molar-refractivity contribution in [3.05, 3.63) is 122 Å². The first kappa shape index (κ1) is 66.1. The van der Waals surface area contributed by atoms with Crippen molar-refractivity contribution in [2.24, 2.45) is 0 Å². The molecule has 3 N–H and O–H groups in total. The molecule has 1 saturated heterocycles. The number of unbranched alkanes of at least 4 members (excludes halogenated alkanes) is 11. The van der Waals surface area contributed by atoms with Gasteiger partial charge >= 0.3 is 23.9 Å². The van der Waals surface area contributed by atoms with Gasteiger partial charge in [-0.05, 0) is 109 Å². The van der Waals surface area contributed by atoms with Gasteiger partial charge in [-0.1, -0.05) is 181 Å². The first-order chi connectivity index (χ1) is 35.6. The lowest BCUT2D eigenvalue weighted by atomic mass is 9.98. The van der Waals surface area contributed by atoms with E-state index in [1.54, 1.807) is 6.08 Å². The van der Waals surface area contributed by atoms with Crippen LogP contribution >= 0.6 is 0 Å². The van der Waals surface area contributed by atoms with Crippen LogP contribution in [-0.4, -0.2) is 89.2 Å². The summed E-state index contributed by atoms with van der Waals surface area (Å²) in [5, 5.41) is 31.4. The minimum absolute atomic E-state index is 0.00831. The Bertz CT molecular complexity index is 1730. The highest BCUT2D eigenvalue weighted by molar-refractivity contribution is 5.74. The maximum absolute atomic E-state index is 13.1. The second kappa shape index (κ2) is 48.1. The second-order valence-electron chi connectivity index (χ2n) is 18.1. The number of carboxylic acid groups (broad SMARTS) is 1. The van der Waals surface area contributed by atoms with E-state index in [2.05, 4.69) is 124 Å². The summed E-state index contributed by atoms with van der Waals surface area (Å²) in [4.78, 5) is 50.9. The number of carbonyl (C=O) groups is 4. The van der Waals surface area contributed by atoms with Crippen molar-refractivity contribution in [1.82, 2.24) is 0 Å². The molecule has 0 aromatic heterocycles. The number of rotatable bonds is 44. The van der Waals surface area contributed by atoms with Gasteiger partial charge in [-0.2, -0.15) is 0 Å². The Balaban J connectivity index is 2.81. The van der Waals surface area contributed by atoms with Crippen molar-refractivity contribution >= 4 is 23.9 Å². The van der Waals surface area contributed by atoms with Gasteiger partial charge in [0.2, 0.25) is 0 Å². The van der Waals surface area contributed by atoms with Crippen LogP contribution in [0.1, 0.15) is 188 Å². The van der Waals surface area contributed by atoms with Crippen LogP contribution in [0.2, 0.25) is 0 Å². The van der Waals surface area contributed by atoms with E-state index >= 15 is 0 Å². The summed E-state index contributed by atoms with van der Waals surface area (Å²) in [6, 6.07) is 0. The lowest BCUT2D eigenvalue weighted by Gasteiger charge is -2.40. The standard InChI is InChI=1S/C61H94O12/c1-4-7-10-13-16-19-22-25-27-30-32-35-38-41-44-47-53(62)69-50-52(71-54(63)48-45-42-39-36-34-31-28-26-23-20-17-14-11-8-5-2)51-70-61-59(57(66)56(65)58(73-61)60(67)68)72-55(64)49-46-43-40-37-33-29-24-21-18-15-12-9-6-3/h7,9-10,12,16-21,25-29,32-33,35,41,44,52,56-59,61,65-66H,4-6,8,11,13-15,22-24,30-31,34,36-40,42-43,45-51H2,1-3H3,(H,67,68)/b10-7-,12-9-,19-16-,20-17-,21-18-,27-25-,28-26-,33-29-,35-32-,44-41-. The topological polar surface area (TPSA) is 175 Å². The van der Waals surface area contributed by atoms with Gasteiger partial charge in [-0.15, -0.1) is 0 Å². The summed E-state index contributed by atoms with van der Waals surface area (Å²) in [7, 11) is 0. The van der Waals surface area contributed by atoms with E-state index in [9.17, 15) is 34.5 Å². The highest BCUT2D eigenvalue weighted by Gasteiger charge is 2.50. The average molecular weight is 1020 g/mol. The van der Waals surface area contributed by atoms with Crippen LogP contribution in [0.25, 0.3) is 0 Å². The summed E-state index contributed by atoms with van der Waals surface area (Å²) < 4.78 is 28.2. The Hall–Kier alpha value is -4.88. The van der Waals surface area contributed by atoms with Gasteiger partial charge in [0.15, 0.2) is 24.6 Å². The molecule has 6 atom stereocenters. The lowest BCUT2D eigenvalue weighted by Crippen LogP contribution is -2.61. The third-order valence-corrected chi connectivity index (χ3v) is 11.5. The van der Waals surface area contributed by atoms with Gasteiger partial charge in [0.05, 0.1) is 13.0 Å². The number of aliphatic carboxylic acids is 1. The predicted molar refractivity (Wildman–Crippen MR) is 293 cm³/mol. The molecule has 0 aromatic carbocycles.